The van der Waals surface area contributed by atoms with Crippen LogP contribution >= 0.6 is 11.3 Å². The molecule has 0 radical (unpaired) electrons. The summed E-state index contributed by atoms with van der Waals surface area (Å²) in [5.74, 6) is 0. The van der Waals surface area contributed by atoms with Crippen molar-refractivity contribution in [1.29, 1.82) is 0 Å². The Labute approximate surface area is 428 Å². The van der Waals surface area contributed by atoms with E-state index in [0.717, 1.165) is 19.3 Å². The lowest BCUT2D eigenvalue weighted by Gasteiger charge is -2.46. The van der Waals surface area contributed by atoms with E-state index in [-0.39, 0.29) is 12.1 Å². The van der Waals surface area contributed by atoms with E-state index in [2.05, 4.69) is 262 Å². The number of nitrogens with zero attached hydrogens (tertiary/aromatic N) is 2. The van der Waals surface area contributed by atoms with Gasteiger partial charge in [0.15, 0.2) is 0 Å². The molecule has 0 saturated heterocycles. The van der Waals surface area contributed by atoms with Gasteiger partial charge in [0.25, 0.3) is 6.71 Å². The predicted molar refractivity (Wildman–Crippen MR) is 312 cm³/mol. The molecule has 0 amide bonds. The van der Waals surface area contributed by atoms with Crippen molar-refractivity contribution in [3.8, 4) is 44.5 Å². The fourth-order valence-electron chi connectivity index (χ4n) is 11.6. The number of thiophene rings is 1. The van der Waals surface area contributed by atoms with Crippen LogP contribution in [0.5, 0.6) is 0 Å². The van der Waals surface area contributed by atoms with Gasteiger partial charge < -0.3 is 9.80 Å². The minimum absolute atomic E-state index is 0.0787. The van der Waals surface area contributed by atoms with Gasteiger partial charge in [-0.1, -0.05) is 216 Å². The number of aryl methyl sites for hydroxylation is 1. The third kappa shape index (κ3) is 7.39. The van der Waals surface area contributed by atoms with Crippen LogP contribution in [0.1, 0.15) is 51.7 Å². The van der Waals surface area contributed by atoms with Crippen LogP contribution in [0.25, 0.3) is 64.7 Å². The summed E-state index contributed by atoms with van der Waals surface area (Å²) in [6.07, 6.45) is 3.22. The molecule has 10 aromatic carbocycles. The minimum atomic E-state index is -0.172. The van der Waals surface area contributed by atoms with E-state index in [1.54, 1.807) is 0 Å². The van der Waals surface area contributed by atoms with Gasteiger partial charge in [-0.15, -0.1) is 11.3 Å². The zero-order chi connectivity index (χ0) is 48.5. The van der Waals surface area contributed by atoms with Crippen LogP contribution in [0.4, 0.5) is 34.1 Å². The Morgan fingerprint density at radius 1 is 0.417 bits per heavy atom. The Kier molecular flexibility index (Phi) is 10.9. The molecule has 0 N–H and O–H groups in total. The van der Waals surface area contributed by atoms with E-state index in [9.17, 15) is 0 Å². The van der Waals surface area contributed by atoms with Gasteiger partial charge >= 0.3 is 0 Å². The van der Waals surface area contributed by atoms with E-state index in [1.807, 2.05) is 11.3 Å². The first kappa shape index (κ1) is 44.1. The van der Waals surface area contributed by atoms with Crippen molar-refractivity contribution in [2.24, 2.45) is 0 Å². The number of hydrogen-bond acceptors (Lipinski definition) is 3. The van der Waals surface area contributed by atoms with Gasteiger partial charge in [-0.2, -0.15) is 0 Å². The molecule has 0 saturated carbocycles. The normalized spacial score (nSPS) is 12.8. The van der Waals surface area contributed by atoms with Crippen molar-refractivity contribution in [3.63, 3.8) is 0 Å². The zero-order valence-corrected chi connectivity index (χ0v) is 42.2. The first-order valence-corrected chi connectivity index (χ1v) is 26.5. The van der Waals surface area contributed by atoms with Crippen molar-refractivity contribution >= 4 is 88.7 Å². The Bertz CT molecular complexity index is 3780. The summed E-state index contributed by atoms with van der Waals surface area (Å²) in [5.41, 5.74) is 23.5. The van der Waals surface area contributed by atoms with Crippen LogP contribution in [0.3, 0.4) is 0 Å². The number of unbranched alkanes of at least 4 members (excludes halogenated alkanes) is 1. The van der Waals surface area contributed by atoms with E-state index in [0.29, 0.717) is 0 Å². The van der Waals surface area contributed by atoms with Gasteiger partial charge in [0.1, 0.15) is 0 Å². The van der Waals surface area contributed by atoms with Gasteiger partial charge in [0.2, 0.25) is 0 Å². The van der Waals surface area contributed by atoms with E-state index < -0.39 is 0 Å². The topological polar surface area (TPSA) is 6.48 Å². The van der Waals surface area contributed by atoms with Gasteiger partial charge in [-0.3, -0.25) is 0 Å². The summed E-state index contributed by atoms with van der Waals surface area (Å²) in [7, 11) is 0. The van der Waals surface area contributed by atoms with E-state index >= 15 is 0 Å². The van der Waals surface area contributed by atoms with E-state index in [1.165, 1.54) is 126 Å². The maximum Gasteiger partial charge on any atom is 0.252 e. The van der Waals surface area contributed by atoms with Crippen molar-refractivity contribution in [3.05, 3.63) is 236 Å². The summed E-state index contributed by atoms with van der Waals surface area (Å²) in [4.78, 5) is 5.35. The standard InChI is InChI=1S/C68H55BN2S/c1-5-6-22-51-39-56-55-31-19-20-34-64(55)72-65(56)44-61(51)70-59-37-35-49(45-23-11-7-12-24-45)40-57(59)69-58-41-50(46-25-13-8-14-26-46)36-38-60(58)71(63-43-52(68(2,3)4)42-62(70)66(63)69)67-53(47-27-15-9-16-28-47)32-21-33-54(67)48-29-17-10-18-30-48/h7-21,23-44H,5-6,22H2,1-4H3. The van der Waals surface area contributed by atoms with Crippen LogP contribution in [0.2, 0.25) is 0 Å². The highest BCUT2D eigenvalue weighted by atomic mass is 32.1. The lowest BCUT2D eigenvalue weighted by atomic mass is 9.33. The molecule has 2 aliphatic heterocycles. The molecule has 13 rings (SSSR count). The predicted octanol–water partition coefficient (Wildman–Crippen LogP) is 17.4. The van der Waals surface area contributed by atoms with Gasteiger partial charge in [0.05, 0.1) is 11.4 Å². The Morgan fingerprint density at radius 3 is 1.49 bits per heavy atom. The summed E-state index contributed by atoms with van der Waals surface area (Å²) in [6.45, 7) is 9.37. The Hall–Kier alpha value is -7.92. The summed E-state index contributed by atoms with van der Waals surface area (Å²) < 4.78 is 2.65. The molecule has 4 heteroatoms. The third-order valence-electron chi connectivity index (χ3n) is 15.2. The highest BCUT2D eigenvalue weighted by Crippen LogP contribution is 2.52. The number of rotatable bonds is 9. The summed E-state index contributed by atoms with van der Waals surface area (Å²) in [6, 6.07) is 84.6. The molecular weight excluding hydrogens is 888 g/mol. The molecule has 0 aliphatic carbocycles. The van der Waals surface area contributed by atoms with Crippen molar-refractivity contribution in [2.75, 3.05) is 9.80 Å². The third-order valence-corrected chi connectivity index (χ3v) is 16.3. The monoisotopic (exact) mass is 942 g/mol. The second-order valence-corrected chi connectivity index (χ2v) is 21.8. The highest BCUT2D eigenvalue weighted by molar-refractivity contribution is 7.25. The molecule has 2 aliphatic rings. The molecule has 0 fully saturated rings. The molecule has 0 atom stereocenters. The maximum absolute atomic E-state index is 2.69. The molecule has 2 nitrogen and oxygen atoms in total. The van der Waals surface area contributed by atoms with Gasteiger partial charge in [-0.05, 0) is 122 Å². The number of benzene rings is 10. The van der Waals surface area contributed by atoms with E-state index in [4.69, 9.17) is 0 Å². The van der Waals surface area contributed by atoms with Gasteiger partial charge in [0, 0.05) is 54.0 Å². The molecule has 72 heavy (non-hydrogen) atoms. The second-order valence-electron chi connectivity index (χ2n) is 20.7. The molecule has 1 aromatic heterocycles. The Balaban J connectivity index is 1.19. The number of fused-ring (bicyclic) bond motifs is 7. The molecule has 3 heterocycles. The fraction of sp³-hybridized carbons (Fsp3) is 0.118. The van der Waals surface area contributed by atoms with Crippen molar-refractivity contribution in [1.82, 2.24) is 0 Å². The lowest BCUT2D eigenvalue weighted by molar-refractivity contribution is 0.590. The summed E-state index contributed by atoms with van der Waals surface area (Å²) >= 11 is 1.91. The zero-order valence-electron chi connectivity index (χ0n) is 41.4. The molecular formula is C68H55BN2S. The first-order valence-electron chi connectivity index (χ1n) is 25.7. The van der Waals surface area contributed by atoms with Crippen LogP contribution < -0.4 is 26.2 Å². The number of hydrogen-bond donors (Lipinski definition) is 0. The smallest absolute Gasteiger partial charge is 0.252 e. The first-order chi connectivity index (χ1) is 35.3. The minimum Gasteiger partial charge on any atom is -0.311 e. The quantitative estimate of drug-likeness (QED) is 0.133. The molecule has 0 bridgehead atoms. The Morgan fingerprint density at radius 2 is 0.931 bits per heavy atom. The van der Waals surface area contributed by atoms with Crippen molar-refractivity contribution in [2.45, 2.75) is 52.4 Å². The number of para-hydroxylation sites is 1. The lowest BCUT2D eigenvalue weighted by Crippen LogP contribution is -2.61. The fourth-order valence-corrected chi connectivity index (χ4v) is 12.7. The maximum atomic E-state index is 2.69. The molecule has 0 unspecified atom stereocenters. The van der Waals surface area contributed by atoms with Crippen LogP contribution in [0, 0.1) is 0 Å². The SMILES string of the molecule is CCCCc1cc2c(cc1N1c3ccc(-c4ccccc4)cc3B3c4cc(-c5ccccc5)ccc4N(c4c(-c5ccccc5)cccc4-c4ccccc4)c4cc(C(C)(C)C)cc1c43)sc1ccccc12. The molecule has 346 valence electrons. The highest BCUT2D eigenvalue weighted by Gasteiger charge is 2.45. The average Bonchev–Trinajstić information content (AvgIpc) is 3.80. The molecule has 0 spiro atoms. The van der Waals surface area contributed by atoms with Gasteiger partial charge in [-0.25, -0.2) is 0 Å². The van der Waals surface area contributed by atoms with Crippen molar-refractivity contribution < 1.29 is 0 Å². The largest absolute Gasteiger partial charge is 0.311 e. The van der Waals surface area contributed by atoms with Crippen LogP contribution in [0.15, 0.2) is 224 Å². The van der Waals surface area contributed by atoms with Crippen LogP contribution in [-0.4, -0.2) is 6.71 Å². The average molecular weight is 943 g/mol. The summed E-state index contributed by atoms with van der Waals surface area (Å²) in [5, 5.41) is 2.69. The molecule has 11 aromatic rings. The van der Waals surface area contributed by atoms with Crippen LogP contribution in [-0.2, 0) is 11.8 Å². The second kappa shape index (κ2) is 17.7. The number of anilines is 6.